The number of nitrogens with zero attached hydrogens (tertiary/aromatic N) is 2. The standard InChI is InChI=1S/C22H17FN2O3/c23-18-11-8-16(9-12-18)22-24-20(28-25-22)6-3-7-21(26)27-19-13-10-15-4-1-2-5-17(15)14-19/h1-2,4-5,8-14H,3,6-7H2. The minimum absolute atomic E-state index is 0.237. The van der Waals surface area contributed by atoms with E-state index in [2.05, 4.69) is 10.1 Å². The third kappa shape index (κ3) is 4.23. The lowest BCUT2D eigenvalue weighted by molar-refractivity contribution is -0.134. The molecule has 1 aromatic heterocycles. The van der Waals surface area contributed by atoms with E-state index in [-0.39, 0.29) is 18.2 Å². The fraction of sp³-hybridized carbons (Fsp3) is 0.136. The highest BCUT2D eigenvalue weighted by atomic mass is 19.1. The molecule has 0 aliphatic heterocycles. The van der Waals surface area contributed by atoms with E-state index in [0.29, 0.717) is 35.9 Å². The molecule has 0 radical (unpaired) electrons. The van der Waals surface area contributed by atoms with Crippen LogP contribution in [0.4, 0.5) is 4.39 Å². The van der Waals surface area contributed by atoms with Gasteiger partial charge < -0.3 is 9.26 Å². The zero-order chi connectivity index (χ0) is 19.3. The van der Waals surface area contributed by atoms with Crippen molar-refractivity contribution in [3.8, 4) is 17.1 Å². The van der Waals surface area contributed by atoms with Gasteiger partial charge in [-0.1, -0.05) is 35.5 Å². The second-order valence-corrected chi connectivity index (χ2v) is 6.36. The molecular formula is C22H17FN2O3. The number of hydrogen-bond donors (Lipinski definition) is 0. The van der Waals surface area contributed by atoms with Crippen LogP contribution in [0.25, 0.3) is 22.2 Å². The monoisotopic (exact) mass is 376 g/mol. The molecule has 4 aromatic rings. The molecule has 0 aliphatic carbocycles. The predicted molar refractivity (Wildman–Crippen MR) is 102 cm³/mol. The van der Waals surface area contributed by atoms with Gasteiger partial charge in [-0.2, -0.15) is 4.98 Å². The van der Waals surface area contributed by atoms with E-state index in [1.165, 1.54) is 12.1 Å². The van der Waals surface area contributed by atoms with Gasteiger partial charge in [-0.25, -0.2) is 4.39 Å². The molecule has 0 atom stereocenters. The van der Waals surface area contributed by atoms with Crippen LogP contribution in [0.2, 0.25) is 0 Å². The summed E-state index contributed by atoms with van der Waals surface area (Å²) in [5.41, 5.74) is 0.673. The van der Waals surface area contributed by atoms with E-state index in [4.69, 9.17) is 9.26 Å². The summed E-state index contributed by atoms with van der Waals surface area (Å²) < 4.78 is 23.6. The van der Waals surface area contributed by atoms with Crippen molar-refractivity contribution >= 4 is 16.7 Å². The maximum absolute atomic E-state index is 13.0. The van der Waals surface area contributed by atoms with E-state index in [1.807, 2.05) is 36.4 Å². The molecule has 0 unspecified atom stereocenters. The number of fused-ring (bicyclic) bond motifs is 1. The zero-order valence-electron chi connectivity index (χ0n) is 15.0. The highest BCUT2D eigenvalue weighted by Crippen LogP contribution is 2.21. The van der Waals surface area contributed by atoms with Crippen molar-refractivity contribution in [2.75, 3.05) is 0 Å². The highest BCUT2D eigenvalue weighted by Gasteiger charge is 2.11. The number of esters is 1. The molecule has 0 N–H and O–H groups in total. The third-order valence-electron chi connectivity index (χ3n) is 4.29. The zero-order valence-corrected chi connectivity index (χ0v) is 15.0. The maximum Gasteiger partial charge on any atom is 0.311 e. The number of ether oxygens (including phenoxy) is 1. The van der Waals surface area contributed by atoms with Gasteiger partial charge in [0, 0.05) is 18.4 Å². The molecule has 0 saturated carbocycles. The number of benzene rings is 3. The molecule has 140 valence electrons. The predicted octanol–water partition coefficient (Wildman–Crippen LogP) is 4.96. The number of carbonyl (C=O) groups excluding carboxylic acids is 1. The highest BCUT2D eigenvalue weighted by molar-refractivity contribution is 5.84. The van der Waals surface area contributed by atoms with Crippen LogP contribution in [0.15, 0.2) is 71.3 Å². The van der Waals surface area contributed by atoms with Gasteiger partial charge >= 0.3 is 5.97 Å². The van der Waals surface area contributed by atoms with Crippen LogP contribution in [0.3, 0.4) is 0 Å². The molecule has 4 rings (SSSR count). The first kappa shape index (κ1) is 17.9. The van der Waals surface area contributed by atoms with Gasteiger partial charge in [0.1, 0.15) is 11.6 Å². The smallest absolute Gasteiger partial charge is 0.311 e. The average molecular weight is 376 g/mol. The first-order valence-electron chi connectivity index (χ1n) is 8.95. The molecule has 5 nitrogen and oxygen atoms in total. The Labute approximate surface area is 160 Å². The van der Waals surface area contributed by atoms with Crippen molar-refractivity contribution in [2.24, 2.45) is 0 Å². The summed E-state index contributed by atoms with van der Waals surface area (Å²) in [5.74, 6) is 0.720. The van der Waals surface area contributed by atoms with E-state index in [9.17, 15) is 9.18 Å². The van der Waals surface area contributed by atoms with Crippen LogP contribution < -0.4 is 4.74 Å². The number of aromatic nitrogens is 2. The molecule has 0 aliphatic rings. The molecule has 0 spiro atoms. The van der Waals surface area contributed by atoms with Gasteiger partial charge in [0.2, 0.25) is 11.7 Å². The Morgan fingerprint density at radius 2 is 1.79 bits per heavy atom. The normalized spacial score (nSPS) is 10.9. The topological polar surface area (TPSA) is 65.2 Å². The summed E-state index contributed by atoms with van der Waals surface area (Å²) in [7, 11) is 0. The molecule has 3 aromatic carbocycles. The van der Waals surface area contributed by atoms with Gasteiger partial charge in [0.05, 0.1) is 0 Å². The molecule has 0 bridgehead atoms. The van der Waals surface area contributed by atoms with Crippen LogP contribution in [0.5, 0.6) is 5.75 Å². The lowest BCUT2D eigenvalue weighted by atomic mass is 10.1. The molecule has 6 heteroatoms. The number of carbonyl (C=O) groups is 1. The van der Waals surface area contributed by atoms with Crippen LogP contribution in [0, 0.1) is 5.82 Å². The number of hydrogen-bond acceptors (Lipinski definition) is 5. The summed E-state index contributed by atoms with van der Waals surface area (Å²) in [4.78, 5) is 16.3. The van der Waals surface area contributed by atoms with Gasteiger partial charge in [0.15, 0.2) is 0 Å². The Balaban J connectivity index is 1.30. The first-order chi connectivity index (χ1) is 13.7. The second kappa shape index (κ2) is 8.00. The van der Waals surface area contributed by atoms with Crippen molar-refractivity contribution in [1.82, 2.24) is 10.1 Å². The fourth-order valence-corrected chi connectivity index (χ4v) is 2.87. The fourth-order valence-electron chi connectivity index (χ4n) is 2.87. The number of aryl methyl sites for hydroxylation is 1. The van der Waals surface area contributed by atoms with Crippen LogP contribution in [-0.4, -0.2) is 16.1 Å². The van der Waals surface area contributed by atoms with Crippen molar-refractivity contribution in [3.63, 3.8) is 0 Å². The Morgan fingerprint density at radius 1 is 1.00 bits per heavy atom. The molecule has 28 heavy (non-hydrogen) atoms. The lowest BCUT2D eigenvalue weighted by Crippen LogP contribution is -2.08. The molecular weight excluding hydrogens is 359 g/mol. The minimum Gasteiger partial charge on any atom is -0.427 e. The average Bonchev–Trinajstić information content (AvgIpc) is 3.17. The maximum atomic E-state index is 13.0. The van der Waals surface area contributed by atoms with Crippen molar-refractivity contribution in [3.05, 3.63) is 78.4 Å². The van der Waals surface area contributed by atoms with Crippen LogP contribution in [0.1, 0.15) is 18.7 Å². The number of halogens is 1. The quantitative estimate of drug-likeness (QED) is 0.352. The molecule has 0 saturated heterocycles. The van der Waals surface area contributed by atoms with Crippen LogP contribution >= 0.6 is 0 Å². The van der Waals surface area contributed by atoms with Gasteiger partial charge in [0.25, 0.3) is 0 Å². The van der Waals surface area contributed by atoms with Gasteiger partial charge in [-0.15, -0.1) is 0 Å². The second-order valence-electron chi connectivity index (χ2n) is 6.36. The largest absolute Gasteiger partial charge is 0.427 e. The summed E-state index contributed by atoms with van der Waals surface area (Å²) in [6.45, 7) is 0. The lowest BCUT2D eigenvalue weighted by Gasteiger charge is -2.05. The molecule has 0 amide bonds. The van der Waals surface area contributed by atoms with E-state index in [0.717, 1.165) is 10.8 Å². The van der Waals surface area contributed by atoms with E-state index >= 15 is 0 Å². The van der Waals surface area contributed by atoms with Crippen LogP contribution in [-0.2, 0) is 11.2 Å². The van der Waals surface area contributed by atoms with Gasteiger partial charge in [-0.3, -0.25) is 4.79 Å². The molecule has 0 fully saturated rings. The summed E-state index contributed by atoms with van der Waals surface area (Å²) in [6.07, 6.45) is 1.22. The van der Waals surface area contributed by atoms with Crippen molar-refractivity contribution in [2.45, 2.75) is 19.3 Å². The SMILES string of the molecule is O=C(CCCc1nc(-c2ccc(F)cc2)no1)Oc1ccc2ccccc2c1. The Hall–Kier alpha value is -3.54. The van der Waals surface area contributed by atoms with E-state index in [1.54, 1.807) is 18.2 Å². The first-order valence-corrected chi connectivity index (χ1v) is 8.95. The summed E-state index contributed by atoms with van der Waals surface area (Å²) in [5, 5.41) is 6.00. The van der Waals surface area contributed by atoms with Gasteiger partial charge in [-0.05, 0) is 53.6 Å². The Bertz CT molecular complexity index is 1110. The number of rotatable bonds is 6. The van der Waals surface area contributed by atoms with Crippen molar-refractivity contribution in [1.29, 1.82) is 0 Å². The third-order valence-corrected chi connectivity index (χ3v) is 4.29. The molecule has 1 heterocycles. The van der Waals surface area contributed by atoms with E-state index < -0.39 is 0 Å². The Morgan fingerprint density at radius 3 is 2.61 bits per heavy atom. The summed E-state index contributed by atoms with van der Waals surface area (Å²) in [6, 6.07) is 19.3. The summed E-state index contributed by atoms with van der Waals surface area (Å²) >= 11 is 0. The van der Waals surface area contributed by atoms with Crippen molar-refractivity contribution < 1.29 is 18.4 Å². The minimum atomic E-state index is -0.322. The Kier molecular flexibility index (Phi) is 5.10.